The van der Waals surface area contributed by atoms with Crippen molar-refractivity contribution in [1.29, 1.82) is 0 Å². The van der Waals surface area contributed by atoms with Crippen molar-refractivity contribution in [1.82, 2.24) is 0 Å². The van der Waals surface area contributed by atoms with Gasteiger partial charge in [0.1, 0.15) is 0 Å². The van der Waals surface area contributed by atoms with Crippen LogP contribution >= 0.6 is 11.6 Å². The van der Waals surface area contributed by atoms with E-state index in [9.17, 15) is 0 Å². The van der Waals surface area contributed by atoms with Gasteiger partial charge in [-0.1, -0.05) is 62.3 Å². The number of hydrogen-bond acceptors (Lipinski definition) is 0. The lowest BCUT2D eigenvalue weighted by molar-refractivity contribution is 0.627. The van der Waals surface area contributed by atoms with Gasteiger partial charge < -0.3 is 0 Å². The van der Waals surface area contributed by atoms with E-state index in [0.717, 1.165) is 6.42 Å². The third-order valence-electron chi connectivity index (χ3n) is 3.12. The molecule has 80 valence electrons. The minimum absolute atomic E-state index is 0.223. The molecule has 0 spiro atoms. The van der Waals surface area contributed by atoms with Crippen LogP contribution in [0.3, 0.4) is 0 Å². The summed E-state index contributed by atoms with van der Waals surface area (Å²) >= 11 is 6.67. The number of allylic oxidation sites excluding steroid dienone is 8. The molecule has 0 saturated carbocycles. The van der Waals surface area contributed by atoms with E-state index in [1.54, 1.807) is 0 Å². The number of rotatable bonds is 4. The molecule has 15 heavy (non-hydrogen) atoms. The topological polar surface area (TPSA) is 0 Å². The van der Waals surface area contributed by atoms with Crippen molar-refractivity contribution in [3.05, 3.63) is 48.1 Å². The molecule has 0 aliphatic heterocycles. The standard InChI is InChI=1S/C14H17Cl/c1-2-3-10-14(15)11-6-9-13(14)12-7-4-5-8-12/h4-9,11-12H,2-3,10H2,1H3. The molecule has 2 aliphatic carbocycles. The highest BCUT2D eigenvalue weighted by molar-refractivity contribution is 6.27. The van der Waals surface area contributed by atoms with E-state index in [0.29, 0.717) is 5.92 Å². The second-order valence-corrected chi connectivity index (χ2v) is 4.92. The first-order valence-corrected chi connectivity index (χ1v) is 6.08. The van der Waals surface area contributed by atoms with Crippen LogP contribution in [0.2, 0.25) is 0 Å². The van der Waals surface area contributed by atoms with Crippen LogP contribution in [0, 0.1) is 5.92 Å². The van der Waals surface area contributed by atoms with Gasteiger partial charge in [-0.2, -0.15) is 0 Å². The predicted molar refractivity (Wildman–Crippen MR) is 67.1 cm³/mol. The Labute approximate surface area is 97.0 Å². The van der Waals surface area contributed by atoms with Crippen molar-refractivity contribution in [2.24, 2.45) is 5.92 Å². The number of alkyl halides is 1. The molecule has 0 amide bonds. The molecular formula is C14H17Cl. The molecule has 0 nitrogen and oxygen atoms in total. The van der Waals surface area contributed by atoms with Gasteiger partial charge in [0.05, 0.1) is 4.87 Å². The third kappa shape index (κ3) is 2.10. The highest BCUT2D eigenvalue weighted by atomic mass is 35.5. The van der Waals surface area contributed by atoms with E-state index < -0.39 is 0 Å². The fraction of sp³-hybridized carbons (Fsp3) is 0.429. The largest absolute Gasteiger partial charge is 0.110 e. The first kappa shape index (κ1) is 10.8. The van der Waals surface area contributed by atoms with Gasteiger partial charge >= 0.3 is 0 Å². The van der Waals surface area contributed by atoms with Crippen LogP contribution in [-0.2, 0) is 0 Å². The summed E-state index contributed by atoms with van der Waals surface area (Å²) in [6.07, 6.45) is 18.5. The Morgan fingerprint density at radius 1 is 1.27 bits per heavy atom. The highest BCUT2D eigenvalue weighted by Gasteiger charge is 2.34. The van der Waals surface area contributed by atoms with E-state index in [2.05, 4.69) is 49.5 Å². The summed E-state index contributed by atoms with van der Waals surface area (Å²) in [5.74, 6) is 0.411. The Kier molecular flexibility index (Phi) is 3.16. The molecule has 0 saturated heterocycles. The van der Waals surface area contributed by atoms with Gasteiger partial charge in [0.15, 0.2) is 0 Å². The average molecular weight is 221 g/mol. The fourth-order valence-electron chi connectivity index (χ4n) is 2.23. The van der Waals surface area contributed by atoms with Crippen molar-refractivity contribution in [3.8, 4) is 0 Å². The van der Waals surface area contributed by atoms with E-state index in [1.807, 2.05) is 0 Å². The van der Waals surface area contributed by atoms with Crippen molar-refractivity contribution in [3.63, 3.8) is 0 Å². The average Bonchev–Trinajstić information content (AvgIpc) is 2.84. The molecule has 0 bridgehead atoms. The minimum Gasteiger partial charge on any atom is -0.110 e. The number of unbranched alkanes of at least 4 members (excludes halogenated alkanes) is 1. The van der Waals surface area contributed by atoms with Crippen LogP contribution in [0.15, 0.2) is 48.1 Å². The summed E-state index contributed by atoms with van der Waals surface area (Å²) in [6, 6.07) is 0. The molecule has 2 aliphatic rings. The van der Waals surface area contributed by atoms with Gasteiger partial charge in [0.25, 0.3) is 0 Å². The predicted octanol–water partition coefficient (Wildman–Crippen LogP) is 4.39. The zero-order valence-electron chi connectivity index (χ0n) is 9.12. The molecule has 1 atom stereocenters. The lowest BCUT2D eigenvalue weighted by atomic mass is 9.87. The van der Waals surface area contributed by atoms with Crippen LogP contribution in [0.5, 0.6) is 0 Å². The van der Waals surface area contributed by atoms with Crippen LogP contribution in [0.25, 0.3) is 0 Å². The SMILES string of the molecule is CCCCC1(Cl)C=CC=C1C1C=CC=C1. The summed E-state index contributed by atoms with van der Waals surface area (Å²) < 4.78 is 0. The molecule has 0 radical (unpaired) electrons. The van der Waals surface area contributed by atoms with E-state index in [-0.39, 0.29) is 4.87 Å². The summed E-state index contributed by atoms with van der Waals surface area (Å²) in [5.41, 5.74) is 1.34. The van der Waals surface area contributed by atoms with Gasteiger partial charge in [-0.15, -0.1) is 11.6 Å². The Bertz CT molecular complexity index is 334. The molecule has 0 aromatic carbocycles. The van der Waals surface area contributed by atoms with Crippen molar-refractivity contribution in [2.45, 2.75) is 31.1 Å². The minimum atomic E-state index is -0.223. The number of halogens is 1. The monoisotopic (exact) mass is 220 g/mol. The first-order chi connectivity index (χ1) is 7.26. The lowest BCUT2D eigenvalue weighted by Crippen LogP contribution is -2.22. The van der Waals surface area contributed by atoms with Crippen LogP contribution in [-0.4, -0.2) is 4.87 Å². The van der Waals surface area contributed by atoms with Crippen LogP contribution < -0.4 is 0 Å². The molecular weight excluding hydrogens is 204 g/mol. The summed E-state index contributed by atoms with van der Waals surface area (Å²) in [6.45, 7) is 2.21. The van der Waals surface area contributed by atoms with Crippen molar-refractivity contribution in [2.75, 3.05) is 0 Å². The van der Waals surface area contributed by atoms with E-state index in [4.69, 9.17) is 11.6 Å². The maximum Gasteiger partial charge on any atom is 0.0850 e. The highest BCUT2D eigenvalue weighted by Crippen LogP contribution is 2.42. The molecule has 2 rings (SSSR count). The zero-order valence-corrected chi connectivity index (χ0v) is 9.87. The second-order valence-electron chi connectivity index (χ2n) is 4.24. The number of hydrogen-bond donors (Lipinski definition) is 0. The maximum absolute atomic E-state index is 6.67. The van der Waals surface area contributed by atoms with Crippen molar-refractivity contribution < 1.29 is 0 Å². The Morgan fingerprint density at radius 3 is 2.67 bits per heavy atom. The quantitative estimate of drug-likeness (QED) is 0.617. The molecule has 0 aromatic heterocycles. The van der Waals surface area contributed by atoms with Gasteiger partial charge in [-0.25, -0.2) is 0 Å². The summed E-state index contributed by atoms with van der Waals surface area (Å²) in [5, 5.41) is 0. The molecule has 1 heteroatoms. The smallest absolute Gasteiger partial charge is 0.0850 e. The summed E-state index contributed by atoms with van der Waals surface area (Å²) in [4.78, 5) is -0.223. The first-order valence-electron chi connectivity index (χ1n) is 5.70. The Balaban J connectivity index is 2.11. The van der Waals surface area contributed by atoms with Crippen molar-refractivity contribution >= 4 is 11.6 Å². The van der Waals surface area contributed by atoms with Gasteiger partial charge in [0.2, 0.25) is 0 Å². The lowest BCUT2D eigenvalue weighted by Gasteiger charge is -2.26. The van der Waals surface area contributed by atoms with E-state index >= 15 is 0 Å². The van der Waals surface area contributed by atoms with Gasteiger partial charge in [-0.05, 0) is 12.0 Å². The molecule has 0 aromatic rings. The normalized spacial score (nSPS) is 29.1. The maximum atomic E-state index is 6.67. The fourth-order valence-corrected chi connectivity index (χ4v) is 2.62. The summed E-state index contributed by atoms with van der Waals surface area (Å²) in [7, 11) is 0. The molecule has 1 unspecified atom stereocenters. The zero-order chi connectivity index (χ0) is 10.7. The Morgan fingerprint density at radius 2 is 2.00 bits per heavy atom. The molecule has 0 fully saturated rings. The Hall–Kier alpha value is -0.750. The van der Waals surface area contributed by atoms with Crippen LogP contribution in [0.4, 0.5) is 0 Å². The van der Waals surface area contributed by atoms with Crippen LogP contribution in [0.1, 0.15) is 26.2 Å². The molecule has 0 heterocycles. The third-order valence-corrected chi connectivity index (χ3v) is 3.65. The van der Waals surface area contributed by atoms with Gasteiger partial charge in [0, 0.05) is 5.92 Å². The molecule has 0 N–H and O–H groups in total. The second kappa shape index (κ2) is 4.40. The van der Waals surface area contributed by atoms with E-state index in [1.165, 1.54) is 18.4 Å². The van der Waals surface area contributed by atoms with Gasteiger partial charge in [-0.3, -0.25) is 0 Å².